The molecule has 0 saturated carbocycles. The van der Waals surface area contributed by atoms with Gasteiger partial charge in [0.1, 0.15) is 5.82 Å². The van der Waals surface area contributed by atoms with Crippen LogP contribution in [0.3, 0.4) is 0 Å². The molecule has 3 nitrogen and oxygen atoms in total. The smallest absolute Gasteiger partial charge is 0.122 e. The van der Waals surface area contributed by atoms with Crippen LogP contribution in [-0.4, -0.2) is 9.97 Å². The lowest BCUT2D eigenvalue weighted by Gasteiger charge is -2.04. The number of rotatable bonds is 3. The van der Waals surface area contributed by atoms with Gasteiger partial charge in [-0.05, 0) is 19.3 Å². The number of aromatic nitrogens is 2. The van der Waals surface area contributed by atoms with Gasteiger partial charge in [-0.1, -0.05) is 13.8 Å². The van der Waals surface area contributed by atoms with Gasteiger partial charge in [0.25, 0.3) is 0 Å². The first-order valence-corrected chi connectivity index (χ1v) is 4.45. The van der Waals surface area contributed by atoms with Crippen LogP contribution < -0.4 is 5.73 Å². The molecule has 0 fully saturated rings. The first-order chi connectivity index (χ1) is 5.65. The molecule has 1 aromatic heterocycles. The highest BCUT2D eigenvalue weighted by atomic mass is 15.0. The standard InChI is InChI=1S/C9H17N3/c1-4-6(2)8-5-11-9(12-8)7(3)10/h5-7H,4,10H2,1-3H3,(H,11,12). The summed E-state index contributed by atoms with van der Waals surface area (Å²) < 4.78 is 0. The van der Waals surface area contributed by atoms with E-state index in [0.717, 1.165) is 12.2 Å². The quantitative estimate of drug-likeness (QED) is 0.722. The lowest BCUT2D eigenvalue weighted by molar-refractivity contribution is 0.697. The van der Waals surface area contributed by atoms with Crippen molar-refractivity contribution in [3.63, 3.8) is 0 Å². The summed E-state index contributed by atoms with van der Waals surface area (Å²) in [5.74, 6) is 1.43. The number of nitrogens with two attached hydrogens (primary N) is 1. The minimum Gasteiger partial charge on any atom is -0.344 e. The normalized spacial score (nSPS) is 16.0. The van der Waals surface area contributed by atoms with E-state index in [9.17, 15) is 0 Å². The Morgan fingerprint density at radius 1 is 1.58 bits per heavy atom. The molecule has 0 aromatic carbocycles. The highest BCUT2D eigenvalue weighted by molar-refractivity contribution is 5.07. The van der Waals surface area contributed by atoms with Gasteiger partial charge in [0.15, 0.2) is 0 Å². The van der Waals surface area contributed by atoms with E-state index >= 15 is 0 Å². The summed E-state index contributed by atoms with van der Waals surface area (Å²) in [5.41, 5.74) is 6.86. The number of imidazole rings is 1. The molecule has 0 aliphatic heterocycles. The van der Waals surface area contributed by atoms with Crippen molar-refractivity contribution in [2.75, 3.05) is 0 Å². The molecule has 68 valence electrons. The molecule has 0 aliphatic rings. The van der Waals surface area contributed by atoms with Crippen molar-refractivity contribution < 1.29 is 0 Å². The van der Waals surface area contributed by atoms with E-state index in [2.05, 4.69) is 23.8 Å². The van der Waals surface area contributed by atoms with E-state index in [1.807, 2.05) is 13.1 Å². The molecule has 1 rings (SSSR count). The average molecular weight is 167 g/mol. The van der Waals surface area contributed by atoms with Gasteiger partial charge >= 0.3 is 0 Å². The molecule has 1 heterocycles. The van der Waals surface area contributed by atoms with Crippen molar-refractivity contribution in [2.24, 2.45) is 5.73 Å². The Morgan fingerprint density at radius 3 is 2.67 bits per heavy atom. The fourth-order valence-electron chi connectivity index (χ4n) is 1.05. The Morgan fingerprint density at radius 2 is 2.25 bits per heavy atom. The predicted molar refractivity (Wildman–Crippen MR) is 49.9 cm³/mol. The summed E-state index contributed by atoms with van der Waals surface area (Å²) in [6.45, 7) is 6.27. The number of nitrogens with one attached hydrogen (secondary N) is 1. The van der Waals surface area contributed by atoms with Crippen molar-refractivity contribution >= 4 is 0 Å². The average Bonchev–Trinajstić information content (AvgIpc) is 2.51. The van der Waals surface area contributed by atoms with E-state index in [4.69, 9.17) is 5.73 Å². The molecule has 1 aromatic rings. The second kappa shape index (κ2) is 3.72. The molecule has 0 amide bonds. The minimum atomic E-state index is 0.00260. The van der Waals surface area contributed by atoms with Crippen LogP contribution in [-0.2, 0) is 0 Å². The van der Waals surface area contributed by atoms with E-state index in [-0.39, 0.29) is 6.04 Å². The third-order valence-electron chi connectivity index (χ3n) is 2.19. The van der Waals surface area contributed by atoms with Crippen LogP contribution in [0.5, 0.6) is 0 Å². The maximum atomic E-state index is 5.67. The molecule has 0 bridgehead atoms. The Balaban J connectivity index is 2.77. The fourth-order valence-corrected chi connectivity index (χ4v) is 1.05. The molecule has 3 heteroatoms. The van der Waals surface area contributed by atoms with Crippen LogP contribution in [0.2, 0.25) is 0 Å². The van der Waals surface area contributed by atoms with Crippen molar-refractivity contribution in [1.29, 1.82) is 0 Å². The molecular weight excluding hydrogens is 150 g/mol. The van der Waals surface area contributed by atoms with Gasteiger partial charge in [-0.25, -0.2) is 4.98 Å². The van der Waals surface area contributed by atoms with Crippen molar-refractivity contribution in [2.45, 2.75) is 39.2 Å². The van der Waals surface area contributed by atoms with Gasteiger partial charge in [-0.15, -0.1) is 0 Å². The largest absolute Gasteiger partial charge is 0.344 e. The third kappa shape index (κ3) is 1.85. The zero-order valence-corrected chi connectivity index (χ0v) is 7.96. The topological polar surface area (TPSA) is 54.7 Å². The third-order valence-corrected chi connectivity index (χ3v) is 2.19. The van der Waals surface area contributed by atoms with Gasteiger partial charge < -0.3 is 10.7 Å². The minimum absolute atomic E-state index is 0.00260. The van der Waals surface area contributed by atoms with Crippen LogP contribution in [0.25, 0.3) is 0 Å². The number of hydrogen-bond acceptors (Lipinski definition) is 2. The summed E-state index contributed by atoms with van der Waals surface area (Å²) in [7, 11) is 0. The molecule has 0 saturated heterocycles. The lowest BCUT2D eigenvalue weighted by atomic mass is 10.1. The monoisotopic (exact) mass is 167 g/mol. The van der Waals surface area contributed by atoms with Gasteiger partial charge in [-0.2, -0.15) is 0 Å². The zero-order valence-electron chi connectivity index (χ0n) is 7.96. The van der Waals surface area contributed by atoms with Crippen molar-refractivity contribution in [1.82, 2.24) is 9.97 Å². The molecule has 0 radical (unpaired) electrons. The Bertz CT molecular complexity index is 240. The summed E-state index contributed by atoms with van der Waals surface area (Å²) in [6.07, 6.45) is 3.01. The number of hydrogen-bond donors (Lipinski definition) is 2. The Kier molecular flexibility index (Phi) is 2.87. The summed E-state index contributed by atoms with van der Waals surface area (Å²) >= 11 is 0. The van der Waals surface area contributed by atoms with Crippen LogP contribution in [0.1, 0.15) is 50.7 Å². The summed E-state index contributed by atoms with van der Waals surface area (Å²) in [5, 5.41) is 0. The van der Waals surface area contributed by atoms with E-state index in [1.54, 1.807) is 0 Å². The van der Waals surface area contributed by atoms with Gasteiger partial charge in [0.05, 0.1) is 6.04 Å². The summed E-state index contributed by atoms with van der Waals surface area (Å²) in [4.78, 5) is 7.43. The van der Waals surface area contributed by atoms with E-state index < -0.39 is 0 Å². The molecule has 2 unspecified atom stereocenters. The maximum absolute atomic E-state index is 5.67. The van der Waals surface area contributed by atoms with Crippen LogP contribution in [0.15, 0.2) is 6.20 Å². The first-order valence-electron chi connectivity index (χ1n) is 4.45. The number of nitrogens with zero attached hydrogens (tertiary/aromatic N) is 1. The van der Waals surface area contributed by atoms with E-state index in [0.29, 0.717) is 5.92 Å². The zero-order chi connectivity index (χ0) is 9.14. The summed E-state index contributed by atoms with van der Waals surface area (Å²) in [6, 6.07) is 0.00260. The van der Waals surface area contributed by atoms with Gasteiger partial charge in [-0.3, -0.25) is 0 Å². The Labute approximate surface area is 73.4 Å². The highest BCUT2D eigenvalue weighted by Crippen LogP contribution is 2.17. The maximum Gasteiger partial charge on any atom is 0.122 e. The Hall–Kier alpha value is -0.830. The number of H-pyrrole nitrogens is 1. The SMILES string of the molecule is CCC(C)c1cnc(C(C)N)[nH]1. The fraction of sp³-hybridized carbons (Fsp3) is 0.667. The molecular formula is C9H17N3. The van der Waals surface area contributed by atoms with Crippen molar-refractivity contribution in [3.8, 4) is 0 Å². The van der Waals surface area contributed by atoms with Gasteiger partial charge in [0.2, 0.25) is 0 Å². The van der Waals surface area contributed by atoms with E-state index in [1.165, 1.54) is 5.69 Å². The molecule has 3 N–H and O–H groups in total. The van der Waals surface area contributed by atoms with Crippen LogP contribution >= 0.6 is 0 Å². The second-order valence-corrected chi connectivity index (χ2v) is 3.32. The van der Waals surface area contributed by atoms with Gasteiger partial charge in [0, 0.05) is 11.9 Å². The number of aromatic amines is 1. The molecule has 12 heavy (non-hydrogen) atoms. The van der Waals surface area contributed by atoms with Crippen molar-refractivity contribution in [3.05, 3.63) is 17.7 Å². The highest BCUT2D eigenvalue weighted by Gasteiger charge is 2.08. The predicted octanol–water partition coefficient (Wildman–Crippen LogP) is 1.94. The lowest BCUT2D eigenvalue weighted by Crippen LogP contribution is -2.07. The van der Waals surface area contributed by atoms with Crippen LogP contribution in [0, 0.1) is 0 Å². The first kappa shape index (κ1) is 9.26. The molecule has 0 aliphatic carbocycles. The molecule has 2 atom stereocenters. The van der Waals surface area contributed by atoms with Crippen LogP contribution in [0.4, 0.5) is 0 Å². The second-order valence-electron chi connectivity index (χ2n) is 3.32. The molecule has 0 spiro atoms.